The summed E-state index contributed by atoms with van der Waals surface area (Å²) >= 11 is 0. The van der Waals surface area contributed by atoms with Crippen molar-refractivity contribution in [3.8, 4) is 0 Å². The topological polar surface area (TPSA) is 229 Å². The largest absolute Gasteiger partial charge is 0.312 e. The number of nitrogens with two attached hydrogens (primary N) is 2. The van der Waals surface area contributed by atoms with Crippen molar-refractivity contribution in [3.63, 3.8) is 0 Å². The molecule has 6 aromatic heterocycles. The molecule has 0 amide bonds. The first-order valence-electron chi connectivity index (χ1n) is 13.2. The summed E-state index contributed by atoms with van der Waals surface area (Å²) in [5, 5.41) is 48.4. The average Bonchev–Trinajstić information content (AvgIpc) is 3.78. The molecule has 0 aromatic carbocycles. The van der Waals surface area contributed by atoms with E-state index < -0.39 is 0 Å². The Bertz CT molecular complexity index is 1810. The van der Waals surface area contributed by atoms with Gasteiger partial charge in [0.05, 0.1) is 36.1 Å². The molecule has 6 aromatic rings. The van der Waals surface area contributed by atoms with Crippen molar-refractivity contribution in [3.05, 3.63) is 45.6 Å². The van der Waals surface area contributed by atoms with E-state index >= 15 is 0 Å². The van der Waals surface area contributed by atoms with Gasteiger partial charge in [0.1, 0.15) is 11.6 Å². The maximum Gasteiger partial charge on any atom is 0.205 e. The number of hydrogen-bond acceptors (Lipinski definition) is 12. The van der Waals surface area contributed by atoms with Gasteiger partial charge in [-0.25, -0.2) is 18.4 Å². The zero-order valence-electron chi connectivity index (χ0n) is 24.8. The number of nitrogens with zero attached hydrogens (tertiary/aromatic N) is 14. The smallest absolute Gasteiger partial charge is 0.205 e. The van der Waals surface area contributed by atoms with E-state index in [0.717, 1.165) is 45.6 Å². The van der Waals surface area contributed by atoms with Crippen LogP contribution in [0.15, 0.2) is 20.5 Å². The summed E-state index contributed by atoms with van der Waals surface area (Å²) < 4.78 is 6.81. The number of aryl methyl sites for hydroxylation is 6. The highest BCUT2D eigenvalue weighted by atomic mass is 15.4. The molecule has 42 heavy (non-hydrogen) atoms. The van der Waals surface area contributed by atoms with Crippen LogP contribution in [0.25, 0.3) is 11.3 Å². The molecule has 6 rings (SSSR count). The van der Waals surface area contributed by atoms with Crippen molar-refractivity contribution < 1.29 is 0 Å². The van der Waals surface area contributed by atoms with Gasteiger partial charge in [-0.05, 0) is 55.4 Å². The SMILES string of the molecule is Cc1nn(CN)c(N=Nc2c(C)[nH]n3c(C)nnc23)c1C.Cc1nn(CN)c(N=Nc2c(C)[nH]n3c(C)nnc23)c1C. The first kappa shape index (κ1) is 28.4. The second-order valence-corrected chi connectivity index (χ2v) is 9.82. The molecule has 0 saturated carbocycles. The van der Waals surface area contributed by atoms with E-state index in [0.29, 0.717) is 34.3 Å². The van der Waals surface area contributed by atoms with Gasteiger partial charge in [-0.2, -0.15) is 10.2 Å². The van der Waals surface area contributed by atoms with Crippen molar-refractivity contribution in [2.75, 3.05) is 0 Å². The molecule has 0 bridgehead atoms. The molecular formula is C24H34N18. The third-order valence-electron chi connectivity index (χ3n) is 6.96. The number of rotatable bonds is 6. The first-order chi connectivity index (χ1) is 20.0. The predicted molar refractivity (Wildman–Crippen MR) is 154 cm³/mol. The van der Waals surface area contributed by atoms with Gasteiger partial charge < -0.3 is 11.5 Å². The summed E-state index contributed by atoms with van der Waals surface area (Å²) in [4.78, 5) is 0. The zero-order chi connectivity index (χ0) is 30.3. The number of aromatic nitrogens is 12. The molecule has 18 nitrogen and oxygen atoms in total. The number of H-pyrrole nitrogens is 2. The third kappa shape index (κ3) is 4.85. The molecule has 0 radical (unpaired) electrons. The van der Waals surface area contributed by atoms with Crippen LogP contribution in [0.4, 0.5) is 23.0 Å². The van der Waals surface area contributed by atoms with E-state index in [1.54, 1.807) is 18.4 Å². The second kappa shape index (κ2) is 11.1. The first-order valence-corrected chi connectivity index (χ1v) is 13.2. The molecule has 220 valence electrons. The fourth-order valence-electron chi connectivity index (χ4n) is 4.34. The van der Waals surface area contributed by atoms with E-state index in [9.17, 15) is 0 Å². The second-order valence-electron chi connectivity index (χ2n) is 9.82. The number of azo groups is 2. The molecule has 0 unspecified atom stereocenters. The van der Waals surface area contributed by atoms with Crippen LogP contribution in [0.1, 0.15) is 45.6 Å². The van der Waals surface area contributed by atoms with Crippen LogP contribution in [-0.4, -0.2) is 59.2 Å². The lowest BCUT2D eigenvalue weighted by Crippen LogP contribution is -2.08. The quantitative estimate of drug-likeness (QED) is 0.214. The fraction of sp³-hybridized carbons (Fsp3) is 0.417. The van der Waals surface area contributed by atoms with Gasteiger partial charge in [0.15, 0.2) is 23.0 Å². The summed E-state index contributed by atoms with van der Waals surface area (Å²) in [6, 6.07) is 0. The molecule has 0 spiro atoms. The predicted octanol–water partition coefficient (Wildman–Crippen LogP) is 3.64. The van der Waals surface area contributed by atoms with Crippen LogP contribution in [-0.2, 0) is 13.3 Å². The van der Waals surface area contributed by atoms with Crippen LogP contribution in [0, 0.1) is 55.4 Å². The third-order valence-corrected chi connectivity index (χ3v) is 6.96. The monoisotopic (exact) mass is 574 g/mol. The highest BCUT2D eigenvalue weighted by Crippen LogP contribution is 2.29. The molecule has 0 aliphatic rings. The molecule has 0 fully saturated rings. The summed E-state index contributed by atoms with van der Waals surface area (Å²) in [7, 11) is 0. The van der Waals surface area contributed by atoms with Gasteiger partial charge in [-0.15, -0.1) is 40.9 Å². The van der Waals surface area contributed by atoms with Crippen molar-refractivity contribution >= 4 is 34.3 Å². The average molecular weight is 575 g/mol. The minimum Gasteiger partial charge on any atom is -0.312 e. The van der Waals surface area contributed by atoms with Gasteiger partial charge in [-0.3, -0.25) is 10.2 Å². The van der Waals surface area contributed by atoms with E-state index in [2.05, 4.69) is 61.2 Å². The Kier molecular flexibility index (Phi) is 7.48. The van der Waals surface area contributed by atoms with Crippen LogP contribution < -0.4 is 11.5 Å². The highest BCUT2D eigenvalue weighted by molar-refractivity contribution is 5.67. The molecule has 0 aliphatic carbocycles. The molecular weight excluding hydrogens is 540 g/mol. The maximum atomic E-state index is 5.67. The molecule has 6 heterocycles. The van der Waals surface area contributed by atoms with Gasteiger partial charge in [0, 0.05) is 11.1 Å². The molecule has 6 N–H and O–H groups in total. The van der Waals surface area contributed by atoms with Gasteiger partial charge in [-0.1, -0.05) is 0 Å². The van der Waals surface area contributed by atoms with Crippen molar-refractivity contribution in [1.29, 1.82) is 0 Å². The van der Waals surface area contributed by atoms with Crippen molar-refractivity contribution in [2.45, 2.75) is 68.7 Å². The van der Waals surface area contributed by atoms with Crippen LogP contribution in [0.5, 0.6) is 0 Å². The van der Waals surface area contributed by atoms with Crippen molar-refractivity contribution in [1.82, 2.24) is 59.2 Å². The van der Waals surface area contributed by atoms with Gasteiger partial charge >= 0.3 is 0 Å². The van der Waals surface area contributed by atoms with Crippen molar-refractivity contribution in [2.24, 2.45) is 31.9 Å². The minimum absolute atomic E-state index is 0.259. The standard InChI is InChI=1S/2C12H17N9/c2*1-6-7(2)18-20(5-13)11(6)16-15-10-8(3)19-21-9(4)14-17-12(10)21/h2*19H,5,13H2,1-4H3. The summed E-state index contributed by atoms with van der Waals surface area (Å²) in [5.74, 6) is 2.86. The normalized spacial score (nSPS) is 12.0. The molecule has 0 aliphatic heterocycles. The van der Waals surface area contributed by atoms with E-state index in [-0.39, 0.29) is 13.3 Å². The van der Waals surface area contributed by atoms with Crippen LogP contribution in [0.3, 0.4) is 0 Å². The fourth-order valence-corrected chi connectivity index (χ4v) is 4.34. The number of aromatic amines is 2. The number of fused-ring (bicyclic) bond motifs is 2. The minimum atomic E-state index is 0.259. The Morgan fingerprint density at radius 3 is 1.31 bits per heavy atom. The Balaban J connectivity index is 0.000000168. The lowest BCUT2D eigenvalue weighted by atomic mass is 10.3. The lowest BCUT2D eigenvalue weighted by molar-refractivity contribution is 0.633. The Morgan fingerprint density at radius 2 is 0.952 bits per heavy atom. The highest BCUT2D eigenvalue weighted by Gasteiger charge is 2.16. The van der Waals surface area contributed by atoms with Crippen LogP contribution in [0.2, 0.25) is 0 Å². The van der Waals surface area contributed by atoms with Gasteiger partial charge in [0.25, 0.3) is 0 Å². The van der Waals surface area contributed by atoms with Crippen LogP contribution >= 0.6 is 0 Å². The van der Waals surface area contributed by atoms with E-state index in [1.807, 2.05) is 55.4 Å². The number of hydrogen-bond donors (Lipinski definition) is 4. The lowest BCUT2D eigenvalue weighted by Gasteiger charge is -1.98. The number of nitrogens with one attached hydrogen (secondary N) is 2. The molecule has 0 atom stereocenters. The van der Waals surface area contributed by atoms with E-state index in [1.165, 1.54) is 0 Å². The Labute approximate surface area is 239 Å². The summed E-state index contributed by atoms with van der Waals surface area (Å²) in [6.07, 6.45) is 0. The summed E-state index contributed by atoms with van der Waals surface area (Å²) in [5.41, 5.74) is 19.4. The molecule has 0 saturated heterocycles. The Hall–Kier alpha value is -5.10. The zero-order valence-corrected chi connectivity index (χ0v) is 24.8. The summed E-state index contributed by atoms with van der Waals surface area (Å²) in [6.45, 7) is 15.8. The maximum absolute atomic E-state index is 5.67. The van der Waals surface area contributed by atoms with Gasteiger partial charge in [0.2, 0.25) is 11.3 Å². The van der Waals surface area contributed by atoms with E-state index in [4.69, 9.17) is 11.5 Å². The Morgan fingerprint density at radius 1 is 0.571 bits per heavy atom. The molecule has 18 heteroatoms.